The molecule has 21 heavy (non-hydrogen) atoms. The summed E-state index contributed by atoms with van der Waals surface area (Å²) in [4.78, 5) is 9.98. The third-order valence-electron chi connectivity index (χ3n) is 3.99. The summed E-state index contributed by atoms with van der Waals surface area (Å²) in [7, 11) is 0. The Hall–Kier alpha value is -0.590. The van der Waals surface area contributed by atoms with E-state index in [1.54, 1.807) is 6.08 Å². The van der Waals surface area contributed by atoms with Crippen molar-refractivity contribution in [2.75, 3.05) is 13.1 Å². The molecule has 0 aliphatic rings. The zero-order valence-electron chi connectivity index (χ0n) is 14.3. The maximum atomic E-state index is 9.98. The Morgan fingerprint density at radius 2 is 1.19 bits per heavy atom. The van der Waals surface area contributed by atoms with Crippen LogP contribution in [-0.4, -0.2) is 19.0 Å². The smallest absolute Gasteiger partial charge is 0.120 e. The van der Waals surface area contributed by atoms with Crippen molar-refractivity contribution in [3.05, 3.63) is 6.08 Å². The van der Waals surface area contributed by atoms with Gasteiger partial charge < -0.3 is 5.32 Å². The fourth-order valence-electron chi connectivity index (χ4n) is 2.59. The number of carbonyl (C=O) groups excluding carboxylic acids is 1. The van der Waals surface area contributed by atoms with Crippen LogP contribution in [0.1, 0.15) is 96.8 Å². The van der Waals surface area contributed by atoms with Crippen LogP contribution in [-0.2, 0) is 4.79 Å². The molecule has 0 unspecified atom stereocenters. The first-order valence-electron chi connectivity index (χ1n) is 9.32. The lowest BCUT2D eigenvalue weighted by molar-refractivity contribution is 0.538. The average molecular weight is 296 g/mol. The van der Waals surface area contributed by atoms with E-state index in [0.29, 0.717) is 0 Å². The fraction of sp³-hybridized carbons (Fsp3) is 0.895. The molecule has 124 valence electrons. The van der Waals surface area contributed by atoms with Gasteiger partial charge in [0, 0.05) is 0 Å². The van der Waals surface area contributed by atoms with Crippen molar-refractivity contribution < 1.29 is 4.79 Å². The Labute approximate surface area is 132 Å². The van der Waals surface area contributed by atoms with Gasteiger partial charge in [-0.25, -0.2) is 4.79 Å². The molecular formula is C19H37NO. The van der Waals surface area contributed by atoms with Gasteiger partial charge in [0.2, 0.25) is 0 Å². The van der Waals surface area contributed by atoms with Crippen LogP contribution in [0.15, 0.2) is 6.08 Å². The maximum absolute atomic E-state index is 9.98. The highest BCUT2D eigenvalue weighted by Crippen LogP contribution is 2.07. The minimum Gasteiger partial charge on any atom is -0.317 e. The van der Waals surface area contributed by atoms with Gasteiger partial charge in [-0.3, -0.25) is 0 Å². The summed E-state index contributed by atoms with van der Waals surface area (Å²) >= 11 is 0. The molecule has 0 aromatic carbocycles. The van der Waals surface area contributed by atoms with Crippen molar-refractivity contribution in [2.45, 2.75) is 96.8 Å². The predicted molar refractivity (Wildman–Crippen MR) is 93.4 cm³/mol. The Morgan fingerprint density at radius 3 is 1.71 bits per heavy atom. The molecule has 0 atom stereocenters. The molecule has 0 aromatic heterocycles. The minimum absolute atomic E-state index is 0.906. The zero-order valence-corrected chi connectivity index (χ0v) is 14.3. The normalized spacial score (nSPS) is 10.5. The maximum Gasteiger partial charge on any atom is 0.120 e. The third kappa shape index (κ3) is 19.4. The van der Waals surface area contributed by atoms with E-state index in [0.717, 1.165) is 12.8 Å². The second kappa shape index (κ2) is 19.4. The fourth-order valence-corrected chi connectivity index (χ4v) is 2.59. The molecule has 1 N–H and O–H groups in total. The highest BCUT2D eigenvalue weighted by molar-refractivity contribution is 5.44. The van der Waals surface area contributed by atoms with Crippen molar-refractivity contribution in [3.8, 4) is 0 Å². The average Bonchev–Trinajstić information content (AvgIpc) is 2.50. The van der Waals surface area contributed by atoms with Gasteiger partial charge in [0.05, 0.1) is 0 Å². The standard InChI is InChI=1S/C19H37NO/c1-2-3-4-5-8-11-14-17-20-18-15-12-9-6-7-10-13-16-19-21/h16,20H,2-15,17-18H2,1H3. The number of hydrogen-bond acceptors (Lipinski definition) is 2. The highest BCUT2D eigenvalue weighted by atomic mass is 16.1. The summed E-state index contributed by atoms with van der Waals surface area (Å²) in [6.45, 7) is 4.66. The molecule has 0 saturated heterocycles. The lowest BCUT2D eigenvalue weighted by atomic mass is 10.1. The van der Waals surface area contributed by atoms with Gasteiger partial charge in [-0.05, 0) is 44.8 Å². The van der Waals surface area contributed by atoms with E-state index in [9.17, 15) is 4.79 Å². The molecule has 0 amide bonds. The summed E-state index contributed by atoms with van der Waals surface area (Å²) in [6.07, 6.45) is 20.0. The molecule has 2 heteroatoms. The Bertz CT molecular complexity index is 234. The van der Waals surface area contributed by atoms with E-state index in [2.05, 4.69) is 12.2 Å². The molecular weight excluding hydrogens is 258 g/mol. The van der Waals surface area contributed by atoms with Gasteiger partial charge in [0.1, 0.15) is 5.94 Å². The molecule has 0 aromatic rings. The first-order valence-corrected chi connectivity index (χ1v) is 9.32. The number of hydrogen-bond donors (Lipinski definition) is 1. The molecule has 0 radical (unpaired) electrons. The lowest BCUT2D eigenvalue weighted by Gasteiger charge is -2.05. The minimum atomic E-state index is 0.906. The SMILES string of the molecule is CCCCCCCCCNCCCCCCCCC=C=O. The Morgan fingerprint density at radius 1 is 0.714 bits per heavy atom. The molecule has 0 aliphatic heterocycles. The molecule has 0 bridgehead atoms. The predicted octanol–water partition coefficient (Wildman–Crippen LogP) is 5.45. The number of allylic oxidation sites excluding steroid dienone is 1. The highest BCUT2D eigenvalue weighted by Gasteiger charge is 1.93. The van der Waals surface area contributed by atoms with Gasteiger partial charge in [-0.1, -0.05) is 71.1 Å². The number of nitrogens with one attached hydrogen (secondary N) is 1. The Kier molecular flexibility index (Phi) is 18.9. The van der Waals surface area contributed by atoms with E-state index in [1.807, 2.05) is 5.94 Å². The summed E-state index contributed by atoms with van der Waals surface area (Å²) in [6, 6.07) is 0. The van der Waals surface area contributed by atoms with E-state index >= 15 is 0 Å². The van der Waals surface area contributed by atoms with E-state index in [1.165, 1.54) is 90.1 Å². The number of rotatable bonds is 17. The largest absolute Gasteiger partial charge is 0.317 e. The molecule has 0 heterocycles. The van der Waals surface area contributed by atoms with Crippen LogP contribution in [0.25, 0.3) is 0 Å². The molecule has 2 nitrogen and oxygen atoms in total. The summed E-state index contributed by atoms with van der Waals surface area (Å²) in [5.74, 6) is 1.84. The molecule has 0 fully saturated rings. The quantitative estimate of drug-likeness (QED) is 0.286. The van der Waals surface area contributed by atoms with Crippen molar-refractivity contribution in [2.24, 2.45) is 0 Å². The van der Waals surface area contributed by atoms with E-state index < -0.39 is 0 Å². The first-order chi connectivity index (χ1) is 10.4. The van der Waals surface area contributed by atoms with Gasteiger partial charge in [-0.15, -0.1) is 0 Å². The van der Waals surface area contributed by atoms with Crippen LogP contribution < -0.4 is 5.32 Å². The van der Waals surface area contributed by atoms with E-state index in [4.69, 9.17) is 0 Å². The zero-order chi connectivity index (χ0) is 15.4. The van der Waals surface area contributed by atoms with Crippen LogP contribution in [0.5, 0.6) is 0 Å². The molecule has 0 spiro atoms. The van der Waals surface area contributed by atoms with Crippen LogP contribution in [0.2, 0.25) is 0 Å². The van der Waals surface area contributed by atoms with E-state index in [-0.39, 0.29) is 0 Å². The van der Waals surface area contributed by atoms with Gasteiger partial charge in [0.15, 0.2) is 0 Å². The monoisotopic (exact) mass is 295 g/mol. The summed E-state index contributed by atoms with van der Waals surface area (Å²) in [5, 5.41) is 3.56. The molecule has 0 rings (SSSR count). The topological polar surface area (TPSA) is 29.1 Å². The van der Waals surface area contributed by atoms with Crippen molar-refractivity contribution >= 4 is 5.94 Å². The van der Waals surface area contributed by atoms with Crippen molar-refractivity contribution in [3.63, 3.8) is 0 Å². The second-order valence-corrected chi connectivity index (χ2v) is 6.10. The Balaban J connectivity index is 2.94. The third-order valence-corrected chi connectivity index (χ3v) is 3.99. The lowest BCUT2D eigenvalue weighted by Crippen LogP contribution is -2.16. The van der Waals surface area contributed by atoms with Crippen LogP contribution in [0.4, 0.5) is 0 Å². The van der Waals surface area contributed by atoms with Gasteiger partial charge in [0.25, 0.3) is 0 Å². The van der Waals surface area contributed by atoms with Crippen LogP contribution in [0, 0.1) is 0 Å². The summed E-state index contributed by atoms with van der Waals surface area (Å²) < 4.78 is 0. The van der Waals surface area contributed by atoms with Crippen LogP contribution in [0.3, 0.4) is 0 Å². The van der Waals surface area contributed by atoms with Crippen LogP contribution >= 0.6 is 0 Å². The van der Waals surface area contributed by atoms with Gasteiger partial charge >= 0.3 is 0 Å². The molecule has 0 aliphatic carbocycles. The summed E-state index contributed by atoms with van der Waals surface area (Å²) in [5.41, 5.74) is 0. The number of unbranched alkanes of at least 4 members (excludes halogenated alkanes) is 12. The van der Waals surface area contributed by atoms with Crippen molar-refractivity contribution in [1.82, 2.24) is 5.32 Å². The van der Waals surface area contributed by atoms with Gasteiger partial charge in [-0.2, -0.15) is 0 Å². The molecule has 0 saturated carbocycles. The van der Waals surface area contributed by atoms with Crippen molar-refractivity contribution in [1.29, 1.82) is 0 Å². The first kappa shape index (κ1) is 20.4. The second-order valence-electron chi connectivity index (χ2n) is 6.10.